The minimum absolute atomic E-state index is 0.109. The molecule has 1 fully saturated rings. The third kappa shape index (κ3) is 1.30. The molecule has 0 radical (unpaired) electrons. The summed E-state index contributed by atoms with van der Waals surface area (Å²) in [5.74, 6) is 0.775. The van der Waals surface area contributed by atoms with Gasteiger partial charge in [-0.1, -0.05) is 12.8 Å². The van der Waals surface area contributed by atoms with Crippen molar-refractivity contribution in [3.63, 3.8) is 0 Å². The Labute approximate surface area is 83.8 Å². The van der Waals surface area contributed by atoms with Crippen LogP contribution in [0.15, 0.2) is 6.20 Å². The summed E-state index contributed by atoms with van der Waals surface area (Å²) in [6.45, 7) is 0.683. The first-order valence-electron chi connectivity index (χ1n) is 5.10. The van der Waals surface area contributed by atoms with Crippen LogP contribution in [0.25, 0.3) is 0 Å². The molecule has 1 aromatic rings. The molecule has 2 rings (SSSR count). The second kappa shape index (κ2) is 3.61. The van der Waals surface area contributed by atoms with Gasteiger partial charge in [0.05, 0.1) is 13.3 Å². The van der Waals surface area contributed by atoms with Gasteiger partial charge in [-0.15, -0.1) is 0 Å². The van der Waals surface area contributed by atoms with Crippen molar-refractivity contribution >= 4 is 0 Å². The number of aromatic nitrogens is 2. The van der Waals surface area contributed by atoms with E-state index in [1.165, 1.54) is 12.8 Å². The smallest absolute Gasteiger partial charge is 0.212 e. The Morgan fingerprint density at radius 2 is 2.29 bits per heavy atom. The lowest BCUT2D eigenvalue weighted by atomic mass is 9.80. The van der Waals surface area contributed by atoms with Gasteiger partial charge in [0.1, 0.15) is 0 Å². The van der Waals surface area contributed by atoms with Crippen molar-refractivity contribution in [3.8, 4) is 5.88 Å². The molecule has 4 heteroatoms. The lowest BCUT2D eigenvalue weighted by Gasteiger charge is -2.26. The van der Waals surface area contributed by atoms with Crippen molar-refractivity contribution in [2.45, 2.75) is 31.1 Å². The van der Waals surface area contributed by atoms with Crippen LogP contribution in [0.3, 0.4) is 0 Å². The van der Waals surface area contributed by atoms with Crippen LogP contribution in [0, 0.1) is 0 Å². The number of aromatic amines is 1. The van der Waals surface area contributed by atoms with Crippen LogP contribution in [0.2, 0.25) is 0 Å². The molecule has 1 aromatic heterocycles. The van der Waals surface area contributed by atoms with Crippen LogP contribution in [0.1, 0.15) is 31.2 Å². The Morgan fingerprint density at radius 3 is 2.86 bits per heavy atom. The quantitative estimate of drug-likeness (QED) is 0.761. The van der Waals surface area contributed by atoms with Gasteiger partial charge >= 0.3 is 0 Å². The zero-order chi connectivity index (χ0) is 10.0. The minimum Gasteiger partial charge on any atom is -0.481 e. The fourth-order valence-electron chi connectivity index (χ4n) is 2.44. The van der Waals surface area contributed by atoms with Crippen molar-refractivity contribution in [2.75, 3.05) is 13.7 Å². The summed E-state index contributed by atoms with van der Waals surface area (Å²) >= 11 is 0. The highest BCUT2D eigenvalue weighted by Crippen LogP contribution is 2.43. The van der Waals surface area contributed by atoms with Crippen molar-refractivity contribution in [2.24, 2.45) is 5.73 Å². The first kappa shape index (κ1) is 9.52. The fraction of sp³-hybridized carbons (Fsp3) is 0.700. The molecule has 78 valence electrons. The maximum atomic E-state index is 5.89. The number of rotatable bonds is 3. The number of methoxy groups -OCH3 is 1. The number of nitrogens with two attached hydrogens (primary N) is 1. The van der Waals surface area contributed by atoms with E-state index in [4.69, 9.17) is 10.5 Å². The van der Waals surface area contributed by atoms with Gasteiger partial charge in [0, 0.05) is 17.5 Å². The Kier molecular flexibility index (Phi) is 2.46. The van der Waals surface area contributed by atoms with Gasteiger partial charge in [-0.3, -0.25) is 0 Å². The molecule has 1 aliphatic rings. The maximum Gasteiger partial charge on any atom is 0.212 e. The van der Waals surface area contributed by atoms with Crippen molar-refractivity contribution < 1.29 is 4.74 Å². The fourth-order valence-corrected chi connectivity index (χ4v) is 2.44. The molecule has 0 saturated heterocycles. The molecular formula is C10H17N3O. The van der Waals surface area contributed by atoms with Crippen LogP contribution in [0.5, 0.6) is 5.88 Å². The van der Waals surface area contributed by atoms with Gasteiger partial charge in [-0.05, 0) is 12.8 Å². The lowest BCUT2D eigenvalue weighted by Crippen LogP contribution is -2.32. The Bertz CT molecular complexity index is 302. The molecule has 0 atom stereocenters. The van der Waals surface area contributed by atoms with E-state index in [2.05, 4.69) is 10.2 Å². The third-order valence-corrected chi connectivity index (χ3v) is 3.33. The molecule has 0 aliphatic heterocycles. The summed E-state index contributed by atoms with van der Waals surface area (Å²) in [7, 11) is 1.66. The molecule has 4 nitrogen and oxygen atoms in total. The Balaban J connectivity index is 2.35. The normalized spacial score (nSPS) is 19.9. The summed E-state index contributed by atoms with van der Waals surface area (Å²) in [6, 6.07) is 0. The van der Waals surface area contributed by atoms with E-state index >= 15 is 0 Å². The van der Waals surface area contributed by atoms with Gasteiger partial charge in [0.15, 0.2) is 0 Å². The zero-order valence-corrected chi connectivity index (χ0v) is 8.55. The zero-order valence-electron chi connectivity index (χ0n) is 8.55. The van der Waals surface area contributed by atoms with E-state index in [-0.39, 0.29) is 5.41 Å². The van der Waals surface area contributed by atoms with Crippen LogP contribution in [-0.4, -0.2) is 23.9 Å². The topological polar surface area (TPSA) is 63.9 Å². The van der Waals surface area contributed by atoms with E-state index in [9.17, 15) is 0 Å². The lowest BCUT2D eigenvalue weighted by molar-refractivity contribution is 0.367. The monoisotopic (exact) mass is 195 g/mol. The predicted octanol–water partition coefficient (Wildman–Crippen LogP) is 1.19. The van der Waals surface area contributed by atoms with Crippen LogP contribution in [-0.2, 0) is 5.41 Å². The molecule has 0 spiro atoms. The van der Waals surface area contributed by atoms with Crippen molar-refractivity contribution in [3.05, 3.63) is 11.8 Å². The molecule has 0 unspecified atom stereocenters. The molecular weight excluding hydrogens is 178 g/mol. The molecule has 1 heterocycles. The average molecular weight is 195 g/mol. The molecule has 3 N–H and O–H groups in total. The maximum absolute atomic E-state index is 5.89. The predicted molar refractivity (Wildman–Crippen MR) is 54.3 cm³/mol. The van der Waals surface area contributed by atoms with Crippen LogP contribution in [0.4, 0.5) is 0 Å². The second-order valence-electron chi connectivity index (χ2n) is 4.01. The number of hydrogen-bond acceptors (Lipinski definition) is 3. The summed E-state index contributed by atoms with van der Waals surface area (Å²) in [5, 5.41) is 6.89. The highest BCUT2D eigenvalue weighted by Gasteiger charge is 2.37. The van der Waals surface area contributed by atoms with E-state index < -0.39 is 0 Å². The first-order valence-corrected chi connectivity index (χ1v) is 5.10. The summed E-state index contributed by atoms with van der Waals surface area (Å²) in [6.07, 6.45) is 6.67. The number of hydrogen-bond donors (Lipinski definition) is 2. The van der Waals surface area contributed by atoms with E-state index in [1.807, 2.05) is 6.20 Å². The largest absolute Gasteiger partial charge is 0.481 e. The second-order valence-corrected chi connectivity index (χ2v) is 4.01. The molecule has 14 heavy (non-hydrogen) atoms. The van der Waals surface area contributed by atoms with Gasteiger partial charge in [-0.25, -0.2) is 5.10 Å². The standard InChI is InChI=1S/C10H17N3O/c1-14-9-8(6-12-13-9)10(7-11)4-2-3-5-10/h6H,2-5,7,11H2,1H3,(H,12,13). The van der Waals surface area contributed by atoms with E-state index in [0.717, 1.165) is 24.3 Å². The summed E-state index contributed by atoms with van der Waals surface area (Å²) in [5.41, 5.74) is 7.15. The van der Waals surface area contributed by atoms with Crippen LogP contribution < -0.4 is 10.5 Å². The molecule has 0 amide bonds. The SMILES string of the molecule is COc1[nH]ncc1C1(CN)CCCC1. The van der Waals surface area contributed by atoms with Crippen LogP contribution >= 0.6 is 0 Å². The Morgan fingerprint density at radius 1 is 1.57 bits per heavy atom. The first-order chi connectivity index (χ1) is 6.82. The highest BCUT2D eigenvalue weighted by molar-refractivity contribution is 5.33. The van der Waals surface area contributed by atoms with E-state index in [0.29, 0.717) is 6.54 Å². The average Bonchev–Trinajstić information content (AvgIpc) is 2.86. The number of H-pyrrole nitrogens is 1. The summed E-state index contributed by atoms with van der Waals surface area (Å²) < 4.78 is 5.25. The third-order valence-electron chi connectivity index (χ3n) is 3.33. The molecule has 1 aliphatic carbocycles. The highest BCUT2D eigenvalue weighted by atomic mass is 16.5. The van der Waals surface area contributed by atoms with E-state index in [1.54, 1.807) is 7.11 Å². The molecule has 1 saturated carbocycles. The molecule has 0 bridgehead atoms. The molecule has 0 aromatic carbocycles. The Hall–Kier alpha value is -1.03. The van der Waals surface area contributed by atoms with Gasteiger partial charge < -0.3 is 10.5 Å². The summed E-state index contributed by atoms with van der Waals surface area (Å²) in [4.78, 5) is 0. The number of nitrogens with zero attached hydrogens (tertiary/aromatic N) is 1. The van der Waals surface area contributed by atoms with Gasteiger partial charge in [0.2, 0.25) is 5.88 Å². The van der Waals surface area contributed by atoms with Crippen molar-refractivity contribution in [1.29, 1.82) is 0 Å². The van der Waals surface area contributed by atoms with Gasteiger partial charge in [-0.2, -0.15) is 5.10 Å². The van der Waals surface area contributed by atoms with Crippen molar-refractivity contribution in [1.82, 2.24) is 10.2 Å². The minimum atomic E-state index is 0.109. The van der Waals surface area contributed by atoms with Gasteiger partial charge in [0.25, 0.3) is 0 Å². The number of nitrogens with one attached hydrogen (secondary N) is 1. The number of ether oxygens (including phenoxy) is 1.